The number of fused-ring (bicyclic) bond motifs is 1. The van der Waals surface area contributed by atoms with E-state index in [1.807, 2.05) is 19.9 Å². The number of aromatic nitrogens is 2. The average Bonchev–Trinajstić information content (AvgIpc) is 2.71. The van der Waals surface area contributed by atoms with Gasteiger partial charge in [0, 0.05) is 4.47 Å². The lowest BCUT2D eigenvalue weighted by molar-refractivity contribution is 0.594. The summed E-state index contributed by atoms with van der Waals surface area (Å²) in [4.78, 5) is 8.53. The molecule has 0 aliphatic heterocycles. The van der Waals surface area contributed by atoms with Crippen molar-refractivity contribution in [1.29, 1.82) is 0 Å². The first-order valence-corrected chi connectivity index (χ1v) is 8.92. The zero-order valence-electron chi connectivity index (χ0n) is 10.1. The maximum absolute atomic E-state index is 11.9. The van der Waals surface area contributed by atoms with Crippen molar-refractivity contribution in [3.63, 3.8) is 0 Å². The van der Waals surface area contributed by atoms with Crippen LogP contribution in [-0.4, -0.2) is 24.1 Å². The van der Waals surface area contributed by atoms with E-state index in [0.717, 1.165) is 21.3 Å². The van der Waals surface area contributed by atoms with Crippen LogP contribution in [0, 0.1) is 0 Å². The van der Waals surface area contributed by atoms with Crippen LogP contribution in [0.15, 0.2) is 14.9 Å². The van der Waals surface area contributed by atoms with Crippen LogP contribution in [-0.2, 0) is 16.3 Å². The van der Waals surface area contributed by atoms with Crippen molar-refractivity contribution in [2.75, 3.05) is 5.75 Å². The maximum atomic E-state index is 11.9. The van der Waals surface area contributed by atoms with E-state index in [1.165, 1.54) is 11.3 Å². The van der Waals surface area contributed by atoms with E-state index in [2.05, 4.69) is 25.9 Å². The molecule has 0 atom stereocenters. The maximum Gasteiger partial charge on any atom is 0.211 e. The monoisotopic (exact) mass is 348 g/mol. The van der Waals surface area contributed by atoms with Gasteiger partial charge in [0.1, 0.15) is 0 Å². The summed E-state index contributed by atoms with van der Waals surface area (Å²) in [5, 5.41) is 0. The van der Waals surface area contributed by atoms with Crippen molar-refractivity contribution < 1.29 is 8.42 Å². The Morgan fingerprint density at radius 1 is 1.33 bits per heavy atom. The van der Waals surface area contributed by atoms with Crippen LogP contribution in [0.4, 0.5) is 0 Å². The molecule has 0 aliphatic rings. The smallest absolute Gasteiger partial charge is 0.211 e. The number of hydrogen-bond donors (Lipinski definition) is 0. The predicted molar refractivity (Wildman–Crippen MR) is 76.8 cm³/mol. The number of halogens is 1. The zero-order valence-corrected chi connectivity index (χ0v) is 13.3. The molecule has 2 aromatic heterocycles. The van der Waals surface area contributed by atoms with Gasteiger partial charge in [-0.2, -0.15) is 0 Å². The van der Waals surface area contributed by atoms with E-state index in [0.29, 0.717) is 12.1 Å². The molecule has 18 heavy (non-hydrogen) atoms. The van der Waals surface area contributed by atoms with Gasteiger partial charge in [-0.15, -0.1) is 11.3 Å². The number of rotatable bonds is 4. The summed E-state index contributed by atoms with van der Waals surface area (Å²) in [7, 11) is -3.25. The SMILES string of the molecule is CCCS(=O)(=O)c1nc2nc(CC)c(Br)cc2s1. The summed E-state index contributed by atoms with van der Waals surface area (Å²) in [5.74, 6) is 0.134. The lowest BCUT2D eigenvalue weighted by atomic mass is 10.3. The molecule has 2 rings (SSSR count). The molecule has 0 bridgehead atoms. The Balaban J connectivity index is 2.58. The van der Waals surface area contributed by atoms with Crippen LogP contribution in [0.25, 0.3) is 10.3 Å². The molecule has 0 saturated heterocycles. The molecular weight excluding hydrogens is 336 g/mol. The predicted octanol–water partition coefficient (Wildman–Crippen LogP) is 3.20. The van der Waals surface area contributed by atoms with Gasteiger partial charge in [-0.25, -0.2) is 18.4 Å². The second-order valence-corrected chi connectivity index (χ2v) is 8.06. The van der Waals surface area contributed by atoms with E-state index in [1.54, 1.807) is 0 Å². The fourth-order valence-corrected chi connectivity index (χ4v) is 4.99. The van der Waals surface area contributed by atoms with E-state index < -0.39 is 9.84 Å². The minimum absolute atomic E-state index is 0.134. The first kappa shape index (κ1) is 13.9. The second-order valence-electron chi connectivity index (χ2n) is 3.89. The first-order valence-electron chi connectivity index (χ1n) is 5.66. The summed E-state index contributed by atoms with van der Waals surface area (Å²) in [6, 6.07) is 1.89. The minimum atomic E-state index is -3.25. The molecule has 0 aliphatic carbocycles. The third-order valence-corrected chi connectivity index (χ3v) is 6.52. The third-order valence-electron chi connectivity index (χ3n) is 2.46. The summed E-state index contributed by atoms with van der Waals surface area (Å²) in [6.45, 7) is 3.84. The van der Waals surface area contributed by atoms with Gasteiger partial charge in [0.25, 0.3) is 0 Å². The van der Waals surface area contributed by atoms with E-state index in [-0.39, 0.29) is 10.1 Å². The molecule has 0 amide bonds. The number of hydrogen-bond acceptors (Lipinski definition) is 5. The Morgan fingerprint density at radius 2 is 2.06 bits per heavy atom. The van der Waals surface area contributed by atoms with Gasteiger partial charge in [0.2, 0.25) is 14.2 Å². The first-order chi connectivity index (χ1) is 8.47. The molecule has 2 aromatic rings. The third kappa shape index (κ3) is 2.57. The van der Waals surface area contributed by atoms with Crippen molar-refractivity contribution in [2.45, 2.75) is 31.0 Å². The molecule has 2 heterocycles. The molecule has 0 fully saturated rings. The highest BCUT2D eigenvalue weighted by Gasteiger charge is 2.19. The molecule has 0 saturated carbocycles. The Hall–Kier alpha value is -0.530. The molecule has 0 aromatic carbocycles. The standard InChI is InChI=1S/C11H13BrN2O2S2/c1-3-5-18(15,16)11-14-10-9(17-11)6-7(12)8(4-2)13-10/h6H,3-5H2,1-2H3. The summed E-state index contributed by atoms with van der Waals surface area (Å²) in [6.07, 6.45) is 1.38. The highest BCUT2D eigenvalue weighted by molar-refractivity contribution is 9.10. The zero-order chi connectivity index (χ0) is 13.3. The number of pyridine rings is 1. The van der Waals surface area contributed by atoms with Crippen LogP contribution >= 0.6 is 27.3 Å². The molecule has 0 spiro atoms. The second kappa shape index (κ2) is 5.22. The molecule has 4 nitrogen and oxygen atoms in total. The highest BCUT2D eigenvalue weighted by Crippen LogP contribution is 2.29. The lowest BCUT2D eigenvalue weighted by Crippen LogP contribution is -2.05. The largest absolute Gasteiger partial charge is 0.231 e. The van der Waals surface area contributed by atoms with Gasteiger partial charge in [-0.3, -0.25) is 0 Å². The quantitative estimate of drug-likeness (QED) is 0.851. The number of nitrogens with zero attached hydrogens (tertiary/aromatic N) is 2. The van der Waals surface area contributed by atoms with Crippen LogP contribution in [0.3, 0.4) is 0 Å². The van der Waals surface area contributed by atoms with Gasteiger partial charge in [-0.1, -0.05) is 13.8 Å². The van der Waals surface area contributed by atoms with Crippen LogP contribution < -0.4 is 0 Å². The molecule has 7 heteroatoms. The van der Waals surface area contributed by atoms with Gasteiger partial charge < -0.3 is 0 Å². The molecule has 98 valence electrons. The summed E-state index contributed by atoms with van der Waals surface area (Å²) in [5.41, 5.74) is 1.42. The van der Waals surface area contributed by atoms with Crippen LogP contribution in [0.5, 0.6) is 0 Å². The Kier molecular flexibility index (Phi) is 4.03. The molecule has 0 N–H and O–H groups in total. The Morgan fingerprint density at radius 3 is 2.67 bits per heavy atom. The van der Waals surface area contributed by atoms with Crippen molar-refractivity contribution in [1.82, 2.24) is 9.97 Å². The number of sulfone groups is 1. The molecule has 0 unspecified atom stereocenters. The average molecular weight is 349 g/mol. The summed E-state index contributed by atoms with van der Waals surface area (Å²) < 4.78 is 25.8. The number of aryl methyl sites for hydroxylation is 1. The van der Waals surface area contributed by atoms with E-state index in [9.17, 15) is 8.42 Å². The highest BCUT2D eigenvalue weighted by atomic mass is 79.9. The normalized spacial score (nSPS) is 12.2. The van der Waals surface area contributed by atoms with Crippen molar-refractivity contribution in [3.05, 3.63) is 16.2 Å². The molecular formula is C11H13BrN2O2S2. The van der Waals surface area contributed by atoms with Gasteiger partial charge >= 0.3 is 0 Å². The van der Waals surface area contributed by atoms with Gasteiger partial charge in [-0.05, 0) is 34.8 Å². The van der Waals surface area contributed by atoms with Crippen LogP contribution in [0.1, 0.15) is 26.0 Å². The van der Waals surface area contributed by atoms with Gasteiger partial charge in [0.05, 0.1) is 16.1 Å². The minimum Gasteiger partial charge on any atom is -0.231 e. The van der Waals surface area contributed by atoms with Crippen molar-refractivity contribution in [3.8, 4) is 0 Å². The van der Waals surface area contributed by atoms with Crippen molar-refractivity contribution in [2.24, 2.45) is 0 Å². The Labute approximate surface area is 119 Å². The topological polar surface area (TPSA) is 59.9 Å². The van der Waals surface area contributed by atoms with E-state index in [4.69, 9.17) is 0 Å². The summed E-state index contributed by atoms with van der Waals surface area (Å²) >= 11 is 4.62. The van der Waals surface area contributed by atoms with Gasteiger partial charge in [0.15, 0.2) is 5.65 Å². The Bertz CT molecular complexity index is 680. The molecule has 0 radical (unpaired) electrons. The van der Waals surface area contributed by atoms with E-state index >= 15 is 0 Å². The van der Waals surface area contributed by atoms with Crippen molar-refractivity contribution >= 4 is 47.5 Å². The lowest BCUT2D eigenvalue weighted by Gasteiger charge is -1.98. The fraction of sp³-hybridized carbons (Fsp3) is 0.455. The van der Waals surface area contributed by atoms with Crippen LogP contribution in [0.2, 0.25) is 0 Å². The fourth-order valence-electron chi connectivity index (χ4n) is 1.59. The number of thiazole rings is 1.